The molecule has 3 rings (SSSR count). The number of oxime groups is 1. The number of rotatable bonds is 5. The predicted molar refractivity (Wildman–Crippen MR) is 106 cm³/mol. The molecule has 0 spiro atoms. The minimum Gasteiger partial charge on any atom is -0.411 e. The third-order valence-corrected chi connectivity index (χ3v) is 5.12. The van der Waals surface area contributed by atoms with Crippen LogP contribution in [0.5, 0.6) is 0 Å². The molecule has 0 heterocycles. The fourth-order valence-electron chi connectivity index (χ4n) is 3.20. The summed E-state index contributed by atoms with van der Waals surface area (Å²) in [6.07, 6.45) is 0.226. The minimum atomic E-state index is -0.622. The number of halogens is 3. The summed E-state index contributed by atoms with van der Waals surface area (Å²) in [5, 5.41) is 12.8. The summed E-state index contributed by atoms with van der Waals surface area (Å²) in [6, 6.07) is 18.8. The first-order chi connectivity index (χ1) is 13.0. The summed E-state index contributed by atoms with van der Waals surface area (Å²) in [4.78, 5) is 0. The summed E-state index contributed by atoms with van der Waals surface area (Å²) in [5.41, 5.74) is 3.17. The Bertz CT molecular complexity index is 970. The summed E-state index contributed by atoms with van der Waals surface area (Å²) in [6.45, 7) is 2.00. The molecule has 138 valence electrons. The summed E-state index contributed by atoms with van der Waals surface area (Å²) in [5.74, 6) is -1.37. The van der Waals surface area contributed by atoms with Crippen molar-refractivity contribution >= 4 is 21.6 Å². The molecular weight excluding hydrogens is 412 g/mol. The topological polar surface area (TPSA) is 32.6 Å². The molecule has 0 amide bonds. The van der Waals surface area contributed by atoms with E-state index in [2.05, 4.69) is 21.1 Å². The van der Waals surface area contributed by atoms with Gasteiger partial charge in [0.15, 0.2) is 0 Å². The zero-order chi connectivity index (χ0) is 19.4. The number of nitrogens with zero attached hydrogens (tertiary/aromatic N) is 1. The van der Waals surface area contributed by atoms with E-state index in [1.807, 2.05) is 55.5 Å². The van der Waals surface area contributed by atoms with E-state index in [-0.39, 0.29) is 23.6 Å². The molecule has 1 N–H and O–H groups in total. The number of benzene rings is 3. The zero-order valence-corrected chi connectivity index (χ0v) is 16.2. The van der Waals surface area contributed by atoms with E-state index in [0.717, 1.165) is 39.4 Å². The quantitative estimate of drug-likeness (QED) is 0.282. The van der Waals surface area contributed by atoms with Crippen molar-refractivity contribution in [2.24, 2.45) is 5.16 Å². The highest BCUT2D eigenvalue weighted by Crippen LogP contribution is 2.33. The maximum atomic E-state index is 14.2. The van der Waals surface area contributed by atoms with Gasteiger partial charge >= 0.3 is 0 Å². The highest BCUT2D eigenvalue weighted by atomic mass is 79.9. The molecule has 27 heavy (non-hydrogen) atoms. The van der Waals surface area contributed by atoms with Gasteiger partial charge in [0.2, 0.25) is 0 Å². The smallest absolute Gasteiger partial charge is 0.132 e. The fourth-order valence-corrected chi connectivity index (χ4v) is 3.46. The average molecular weight is 430 g/mol. The van der Waals surface area contributed by atoms with E-state index in [9.17, 15) is 14.0 Å². The van der Waals surface area contributed by atoms with Crippen LogP contribution >= 0.6 is 15.9 Å². The Kier molecular flexibility index (Phi) is 6.01. The Labute approximate surface area is 165 Å². The van der Waals surface area contributed by atoms with Crippen molar-refractivity contribution in [3.63, 3.8) is 0 Å². The van der Waals surface area contributed by atoms with Gasteiger partial charge in [-0.1, -0.05) is 57.5 Å². The van der Waals surface area contributed by atoms with Gasteiger partial charge in [-0.3, -0.25) is 0 Å². The highest BCUT2D eigenvalue weighted by Gasteiger charge is 2.22. The van der Waals surface area contributed by atoms with Crippen molar-refractivity contribution in [2.75, 3.05) is 0 Å². The number of hydrogen-bond donors (Lipinski definition) is 1. The molecule has 2 nitrogen and oxygen atoms in total. The molecule has 3 aromatic rings. The molecule has 5 heteroatoms. The molecule has 0 saturated carbocycles. The molecule has 0 saturated heterocycles. The molecule has 1 unspecified atom stereocenters. The van der Waals surface area contributed by atoms with Crippen molar-refractivity contribution < 1.29 is 14.0 Å². The average Bonchev–Trinajstić information content (AvgIpc) is 2.67. The van der Waals surface area contributed by atoms with Crippen LogP contribution in [0.25, 0.3) is 0 Å². The molecular formula is C22H18BrF2NO. The van der Waals surface area contributed by atoms with E-state index in [1.165, 1.54) is 0 Å². The van der Waals surface area contributed by atoms with E-state index >= 15 is 0 Å². The SMILES string of the molecule is Cc1ccccc1C(C/C(=N/O)c1cc(F)ccc1F)c1ccc(Br)cc1. The molecule has 0 fully saturated rings. The summed E-state index contributed by atoms with van der Waals surface area (Å²) in [7, 11) is 0. The van der Waals surface area contributed by atoms with Gasteiger partial charge in [0.25, 0.3) is 0 Å². The van der Waals surface area contributed by atoms with Crippen LogP contribution in [-0.2, 0) is 0 Å². The van der Waals surface area contributed by atoms with Crippen LogP contribution in [0.1, 0.15) is 34.6 Å². The Balaban J connectivity index is 2.06. The van der Waals surface area contributed by atoms with Gasteiger partial charge in [-0.2, -0.15) is 0 Å². The van der Waals surface area contributed by atoms with E-state index in [0.29, 0.717) is 0 Å². The van der Waals surface area contributed by atoms with Crippen molar-refractivity contribution in [3.05, 3.63) is 105 Å². The Morgan fingerprint density at radius 2 is 1.74 bits per heavy atom. The lowest BCUT2D eigenvalue weighted by Gasteiger charge is -2.21. The van der Waals surface area contributed by atoms with Crippen molar-refractivity contribution in [3.8, 4) is 0 Å². The van der Waals surface area contributed by atoms with E-state index in [1.54, 1.807) is 0 Å². The van der Waals surface area contributed by atoms with Crippen molar-refractivity contribution in [2.45, 2.75) is 19.3 Å². The zero-order valence-electron chi connectivity index (χ0n) is 14.7. The second-order valence-electron chi connectivity index (χ2n) is 6.34. The van der Waals surface area contributed by atoms with Gasteiger partial charge in [-0.15, -0.1) is 0 Å². The highest BCUT2D eigenvalue weighted by molar-refractivity contribution is 9.10. The van der Waals surface area contributed by atoms with Crippen LogP contribution in [0.15, 0.2) is 76.4 Å². The minimum absolute atomic E-state index is 0.0341. The third kappa shape index (κ3) is 4.42. The Hall–Kier alpha value is -2.53. The molecule has 0 aliphatic heterocycles. The number of hydrogen-bond acceptors (Lipinski definition) is 2. The van der Waals surface area contributed by atoms with Crippen LogP contribution < -0.4 is 0 Å². The van der Waals surface area contributed by atoms with Crippen molar-refractivity contribution in [1.82, 2.24) is 0 Å². The maximum Gasteiger partial charge on any atom is 0.132 e. The molecule has 0 aliphatic rings. The van der Waals surface area contributed by atoms with Crippen LogP contribution in [0.3, 0.4) is 0 Å². The third-order valence-electron chi connectivity index (χ3n) is 4.59. The molecule has 1 atom stereocenters. The first-order valence-corrected chi connectivity index (χ1v) is 9.26. The largest absolute Gasteiger partial charge is 0.411 e. The second kappa shape index (κ2) is 8.44. The van der Waals surface area contributed by atoms with Crippen LogP contribution in [0.4, 0.5) is 8.78 Å². The van der Waals surface area contributed by atoms with Crippen LogP contribution in [-0.4, -0.2) is 10.9 Å². The fraction of sp³-hybridized carbons (Fsp3) is 0.136. The van der Waals surface area contributed by atoms with Gasteiger partial charge in [-0.25, -0.2) is 8.78 Å². The van der Waals surface area contributed by atoms with Crippen molar-refractivity contribution in [1.29, 1.82) is 0 Å². The first-order valence-electron chi connectivity index (χ1n) is 8.47. The second-order valence-corrected chi connectivity index (χ2v) is 7.25. The first kappa shape index (κ1) is 19.2. The van der Waals surface area contributed by atoms with Gasteiger partial charge in [0.05, 0.1) is 5.71 Å². The molecule has 3 aromatic carbocycles. The lowest BCUT2D eigenvalue weighted by Crippen LogP contribution is -2.13. The molecule has 0 aliphatic carbocycles. The van der Waals surface area contributed by atoms with E-state index < -0.39 is 11.6 Å². The van der Waals surface area contributed by atoms with E-state index in [4.69, 9.17) is 0 Å². The number of aryl methyl sites for hydroxylation is 1. The molecule has 0 aromatic heterocycles. The standard InChI is InChI=1S/C22H18BrF2NO/c1-14-4-2-3-5-18(14)19(15-6-8-16(23)9-7-15)13-22(26-27)20-12-17(24)10-11-21(20)25/h2-12,19,27H,13H2,1H3/b26-22-. The molecule has 0 bridgehead atoms. The summed E-state index contributed by atoms with van der Waals surface area (Å²) >= 11 is 3.43. The lowest BCUT2D eigenvalue weighted by molar-refractivity contribution is 0.317. The molecule has 0 radical (unpaired) electrons. The predicted octanol–water partition coefficient (Wildman–Crippen LogP) is 6.44. The van der Waals surface area contributed by atoms with Gasteiger partial charge < -0.3 is 5.21 Å². The van der Waals surface area contributed by atoms with Gasteiger partial charge in [-0.05, 0) is 53.9 Å². The van der Waals surface area contributed by atoms with Gasteiger partial charge in [0.1, 0.15) is 11.6 Å². The maximum absolute atomic E-state index is 14.2. The van der Waals surface area contributed by atoms with Crippen LogP contribution in [0.2, 0.25) is 0 Å². The lowest BCUT2D eigenvalue weighted by atomic mass is 9.83. The normalized spacial score (nSPS) is 12.8. The van der Waals surface area contributed by atoms with Crippen LogP contribution in [0, 0.1) is 18.6 Å². The summed E-state index contributed by atoms with van der Waals surface area (Å²) < 4.78 is 28.8. The Morgan fingerprint density at radius 3 is 2.41 bits per heavy atom. The monoisotopic (exact) mass is 429 g/mol. The van der Waals surface area contributed by atoms with Gasteiger partial charge in [0, 0.05) is 22.4 Å². The Morgan fingerprint density at radius 1 is 1.04 bits per heavy atom.